The lowest BCUT2D eigenvalue weighted by molar-refractivity contribution is 0.0623. The van der Waals surface area contributed by atoms with Gasteiger partial charge in [-0.3, -0.25) is 4.90 Å². The van der Waals surface area contributed by atoms with Gasteiger partial charge in [-0.1, -0.05) is 12.1 Å². The van der Waals surface area contributed by atoms with E-state index in [4.69, 9.17) is 9.47 Å². The van der Waals surface area contributed by atoms with Crippen molar-refractivity contribution in [2.45, 2.75) is 25.5 Å². The molecule has 2 aromatic carbocycles. The van der Waals surface area contributed by atoms with Crippen LogP contribution in [0.2, 0.25) is 0 Å². The number of aromatic nitrogens is 1. The van der Waals surface area contributed by atoms with Gasteiger partial charge in [-0.05, 0) is 61.8 Å². The van der Waals surface area contributed by atoms with E-state index in [1.165, 1.54) is 18.6 Å². The van der Waals surface area contributed by atoms with E-state index < -0.39 is 5.97 Å². The SMILES string of the molecule is O=C(O)c1c(OCc2ccc3cc(F)ccc3n2)ccc2c1OCC(N1CCC1)C2. The smallest absolute Gasteiger partial charge is 0.343 e. The first-order valence-electron chi connectivity index (χ1n) is 10.0. The summed E-state index contributed by atoms with van der Waals surface area (Å²) in [5.74, 6) is -0.737. The molecule has 30 heavy (non-hydrogen) atoms. The van der Waals surface area contributed by atoms with Crippen LogP contribution in [0.4, 0.5) is 4.39 Å². The summed E-state index contributed by atoms with van der Waals surface area (Å²) in [5.41, 5.74) is 2.23. The van der Waals surface area contributed by atoms with Crippen molar-refractivity contribution >= 4 is 16.9 Å². The molecule has 0 amide bonds. The van der Waals surface area contributed by atoms with E-state index in [0.717, 1.165) is 25.1 Å². The highest BCUT2D eigenvalue weighted by Crippen LogP contribution is 2.37. The molecule has 2 aliphatic heterocycles. The summed E-state index contributed by atoms with van der Waals surface area (Å²) in [7, 11) is 0. The quantitative estimate of drug-likeness (QED) is 0.695. The fourth-order valence-corrected chi connectivity index (χ4v) is 4.06. The number of halogens is 1. The number of ether oxygens (including phenoxy) is 2. The Morgan fingerprint density at radius 2 is 2.10 bits per heavy atom. The zero-order chi connectivity index (χ0) is 20.7. The normalized spacial score (nSPS) is 18.4. The zero-order valence-corrected chi connectivity index (χ0v) is 16.3. The minimum absolute atomic E-state index is 0.0532. The maximum absolute atomic E-state index is 13.3. The van der Waals surface area contributed by atoms with Crippen molar-refractivity contribution in [2.24, 2.45) is 0 Å². The van der Waals surface area contributed by atoms with E-state index >= 15 is 0 Å². The zero-order valence-electron chi connectivity index (χ0n) is 16.3. The van der Waals surface area contributed by atoms with Crippen molar-refractivity contribution in [1.29, 1.82) is 0 Å². The van der Waals surface area contributed by atoms with Gasteiger partial charge in [-0.25, -0.2) is 14.2 Å². The molecule has 1 unspecified atom stereocenters. The molecule has 5 rings (SSSR count). The summed E-state index contributed by atoms with van der Waals surface area (Å²) < 4.78 is 25.0. The number of nitrogens with zero attached hydrogens (tertiary/aromatic N) is 2. The second kappa shape index (κ2) is 7.57. The van der Waals surface area contributed by atoms with Crippen LogP contribution in [-0.2, 0) is 13.0 Å². The van der Waals surface area contributed by atoms with Gasteiger partial charge in [0.2, 0.25) is 0 Å². The Hall–Kier alpha value is -3.19. The van der Waals surface area contributed by atoms with Crippen molar-refractivity contribution in [2.75, 3.05) is 19.7 Å². The summed E-state index contributed by atoms with van der Waals surface area (Å²) in [5, 5.41) is 10.5. The monoisotopic (exact) mass is 408 g/mol. The van der Waals surface area contributed by atoms with Gasteiger partial charge in [0.05, 0.1) is 11.2 Å². The van der Waals surface area contributed by atoms with Gasteiger partial charge >= 0.3 is 5.97 Å². The van der Waals surface area contributed by atoms with Crippen LogP contribution in [0.1, 0.15) is 28.0 Å². The van der Waals surface area contributed by atoms with Crippen LogP contribution in [-0.4, -0.2) is 46.7 Å². The van der Waals surface area contributed by atoms with Crippen LogP contribution < -0.4 is 9.47 Å². The second-order valence-corrected chi connectivity index (χ2v) is 7.72. The predicted octanol–water partition coefficient (Wildman–Crippen LogP) is 3.66. The first-order valence-corrected chi connectivity index (χ1v) is 10.0. The summed E-state index contributed by atoms with van der Waals surface area (Å²) in [6.45, 7) is 2.73. The number of rotatable bonds is 5. The number of pyridine rings is 1. The number of carboxylic acids is 1. The largest absolute Gasteiger partial charge is 0.491 e. The molecular formula is C23H21FN2O4. The average molecular weight is 408 g/mol. The van der Waals surface area contributed by atoms with E-state index in [9.17, 15) is 14.3 Å². The van der Waals surface area contributed by atoms with Crippen molar-refractivity contribution in [3.8, 4) is 11.5 Å². The molecule has 0 aliphatic carbocycles. The van der Waals surface area contributed by atoms with Gasteiger partial charge in [0.15, 0.2) is 0 Å². The summed E-state index contributed by atoms with van der Waals surface area (Å²) in [4.78, 5) is 18.8. The van der Waals surface area contributed by atoms with Crippen LogP contribution in [0.15, 0.2) is 42.5 Å². The predicted molar refractivity (Wildman–Crippen MR) is 109 cm³/mol. The van der Waals surface area contributed by atoms with Crippen molar-refractivity contribution in [3.63, 3.8) is 0 Å². The molecule has 1 atom stereocenters. The minimum atomic E-state index is -1.08. The van der Waals surface area contributed by atoms with Gasteiger partial charge in [0.25, 0.3) is 0 Å². The van der Waals surface area contributed by atoms with Crippen LogP contribution in [0.3, 0.4) is 0 Å². The number of fused-ring (bicyclic) bond motifs is 2. The number of hydrogen-bond donors (Lipinski definition) is 1. The highest BCUT2D eigenvalue weighted by molar-refractivity contribution is 5.95. The summed E-state index contributed by atoms with van der Waals surface area (Å²) >= 11 is 0. The van der Waals surface area contributed by atoms with Gasteiger partial charge in [0.1, 0.15) is 36.1 Å². The number of carbonyl (C=O) groups is 1. The maximum atomic E-state index is 13.3. The molecule has 1 N–H and O–H groups in total. The molecule has 1 fully saturated rings. The van der Waals surface area contributed by atoms with Crippen molar-refractivity contribution in [3.05, 3.63) is 65.1 Å². The van der Waals surface area contributed by atoms with E-state index in [-0.39, 0.29) is 23.7 Å². The number of benzene rings is 2. The fourth-order valence-electron chi connectivity index (χ4n) is 4.06. The third-order valence-electron chi connectivity index (χ3n) is 5.78. The number of likely N-dealkylation sites (tertiary alicyclic amines) is 1. The first kappa shape index (κ1) is 18.8. The lowest BCUT2D eigenvalue weighted by Crippen LogP contribution is -2.50. The minimum Gasteiger partial charge on any atom is -0.491 e. The first-order chi connectivity index (χ1) is 14.6. The molecule has 6 nitrogen and oxygen atoms in total. The van der Waals surface area contributed by atoms with Gasteiger partial charge in [0, 0.05) is 11.4 Å². The lowest BCUT2D eigenvalue weighted by Gasteiger charge is -2.40. The summed E-state index contributed by atoms with van der Waals surface area (Å²) in [6.07, 6.45) is 1.98. The number of hydrogen-bond acceptors (Lipinski definition) is 5. The van der Waals surface area contributed by atoms with Crippen LogP contribution in [0, 0.1) is 5.82 Å². The Kier molecular flexibility index (Phi) is 4.75. The Bertz CT molecular complexity index is 1130. The Morgan fingerprint density at radius 1 is 1.23 bits per heavy atom. The lowest BCUT2D eigenvalue weighted by atomic mass is 9.96. The third-order valence-corrected chi connectivity index (χ3v) is 5.78. The second-order valence-electron chi connectivity index (χ2n) is 7.72. The van der Waals surface area contributed by atoms with Gasteiger partial charge < -0.3 is 14.6 Å². The molecule has 0 bridgehead atoms. The van der Waals surface area contributed by atoms with Crippen molar-refractivity contribution in [1.82, 2.24) is 9.88 Å². The highest BCUT2D eigenvalue weighted by atomic mass is 19.1. The number of carboxylic acid groups (broad SMARTS) is 1. The molecule has 0 spiro atoms. The molecular weight excluding hydrogens is 387 g/mol. The average Bonchev–Trinajstić information content (AvgIpc) is 2.70. The van der Waals surface area contributed by atoms with Crippen LogP contribution in [0.25, 0.3) is 10.9 Å². The molecule has 0 radical (unpaired) electrons. The highest BCUT2D eigenvalue weighted by Gasteiger charge is 2.32. The Labute approximate surface area is 172 Å². The van der Waals surface area contributed by atoms with Gasteiger partial charge in [-0.2, -0.15) is 0 Å². The fraction of sp³-hybridized carbons (Fsp3) is 0.304. The third kappa shape index (κ3) is 3.45. The van der Waals surface area contributed by atoms with E-state index in [1.807, 2.05) is 6.07 Å². The standard InChI is InChI=1S/C23H21FN2O4/c24-16-4-6-19-14(10-16)2-5-17(25-19)12-29-20-7-3-15-11-18(26-8-1-9-26)13-30-22(15)21(20)23(27)28/h2-7,10,18H,1,8-9,11-13H2,(H,27,28). The molecule has 1 aromatic heterocycles. The molecule has 1 saturated heterocycles. The van der Waals surface area contributed by atoms with Crippen LogP contribution in [0.5, 0.6) is 11.5 Å². The van der Waals surface area contributed by atoms with E-state index in [2.05, 4.69) is 9.88 Å². The molecule has 3 aromatic rings. The molecule has 7 heteroatoms. The molecule has 3 heterocycles. The maximum Gasteiger partial charge on any atom is 0.343 e. The number of aromatic carboxylic acids is 1. The van der Waals surface area contributed by atoms with Gasteiger partial charge in [-0.15, -0.1) is 0 Å². The van der Waals surface area contributed by atoms with Crippen molar-refractivity contribution < 1.29 is 23.8 Å². The molecule has 0 saturated carbocycles. The van der Waals surface area contributed by atoms with Crippen LogP contribution >= 0.6 is 0 Å². The molecule has 2 aliphatic rings. The Morgan fingerprint density at radius 3 is 2.87 bits per heavy atom. The summed E-state index contributed by atoms with van der Waals surface area (Å²) in [6, 6.07) is 11.8. The Balaban J connectivity index is 1.38. The topological polar surface area (TPSA) is 71.9 Å². The van der Waals surface area contributed by atoms with E-state index in [1.54, 1.807) is 24.3 Å². The van der Waals surface area contributed by atoms with E-state index in [0.29, 0.717) is 35.0 Å². The molecule has 154 valence electrons.